The predicted octanol–water partition coefficient (Wildman–Crippen LogP) is 2.23. The molecule has 4 rings (SSSR count). The van der Waals surface area contributed by atoms with E-state index < -0.39 is 0 Å². The van der Waals surface area contributed by atoms with Crippen LogP contribution in [0.5, 0.6) is 5.75 Å². The van der Waals surface area contributed by atoms with Crippen molar-refractivity contribution in [3.8, 4) is 5.75 Å². The van der Waals surface area contributed by atoms with Gasteiger partial charge < -0.3 is 19.8 Å². The molecule has 2 saturated heterocycles. The van der Waals surface area contributed by atoms with E-state index in [2.05, 4.69) is 15.2 Å². The lowest BCUT2D eigenvalue weighted by molar-refractivity contribution is 0.0495. The molecule has 3 heterocycles. The maximum Gasteiger partial charge on any atom is 0.258 e. The third-order valence-electron chi connectivity index (χ3n) is 6.46. The van der Waals surface area contributed by atoms with Gasteiger partial charge in [0, 0.05) is 19.2 Å². The molecule has 0 radical (unpaired) electrons. The molecule has 28 heavy (non-hydrogen) atoms. The van der Waals surface area contributed by atoms with Gasteiger partial charge in [-0.05, 0) is 63.9 Å². The molecule has 1 aromatic heterocycles. The summed E-state index contributed by atoms with van der Waals surface area (Å²) in [5.41, 5.74) is 0.774. The maximum atomic E-state index is 12.6. The largest absolute Gasteiger partial charge is 0.494 e. The highest BCUT2D eigenvalue weighted by Gasteiger charge is 2.41. The lowest BCUT2D eigenvalue weighted by Gasteiger charge is -2.42. The Labute approximate surface area is 165 Å². The second-order valence-electron chi connectivity index (χ2n) is 7.89. The van der Waals surface area contributed by atoms with E-state index >= 15 is 0 Å². The van der Waals surface area contributed by atoms with E-state index in [-0.39, 0.29) is 11.7 Å². The second-order valence-corrected chi connectivity index (χ2v) is 7.89. The van der Waals surface area contributed by atoms with E-state index in [4.69, 9.17) is 14.5 Å². The molecule has 1 unspecified atom stereocenters. The van der Waals surface area contributed by atoms with Crippen LogP contribution in [0.3, 0.4) is 0 Å². The average Bonchev–Trinajstić information content (AvgIpc) is 3.10. The van der Waals surface area contributed by atoms with Gasteiger partial charge in [0.15, 0.2) is 0 Å². The molecule has 0 aliphatic carbocycles. The minimum atomic E-state index is -0.249. The van der Waals surface area contributed by atoms with Crippen molar-refractivity contribution in [3.63, 3.8) is 0 Å². The first-order chi connectivity index (χ1) is 13.7. The van der Waals surface area contributed by atoms with Gasteiger partial charge in [-0.25, -0.2) is 4.98 Å². The standard InChI is InChI=1S/C21H30N4O3/c1-27-16-6-3-5-15-18(16)23-19(24-20(15)26)17(28-2)7-14-25-13-4-8-21(25)9-11-22-12-10-21/h3,5-6,17,22H,4,7-14H2,1-2H3,(H,23,24,26). The first-order valence-corrected chi connectivity index (χ1v) is 10.2. The third kappa shape index (κ3) is 3.54. The summed E-state index contributed by atoms with van der Waals surface area (Å²) in [5.74, 6) is 1.18. The fraction of sp³-hybridized carbons (Fsp3) is 0.619. The van der Waals surface area contributed by atoms with Gasteiger partial charge in [0.25, 0.3) is 5.56 Å². The Balaban J connectivity index is 1.55. The normalized spacial score (nSPS) is 20.6. The highest BCUT2D eigenvalue weighted by Crippen LogP contribution is 2.37. The van der Waals surface area contributed by atoms with Crippen molar-refractivity contribution in [3.05, 3.63) is 34.4 Å². The summed E-state index contributed by atoms with van der Waals surface area (Å²) >= 11 is 0. The van der Waals surface area contributed by atoms with Gasteiger partial charge in [0.1, 0.15) is 23.2 Å². The van der Waals surface area contributed by atoms with Crippen LogP contribution in [0.2, 0.25) is 0 Å². The van der Waals surface area contributed by atoms with Crippen LogP contribution in [0, 0.1) is 0 Å². The van der Waals surface area contributed by atoms with E-state index in [9.17, 15) is 4.79 Å². The number of piperidine rings is 1. The number of likely N-dealkylation sites (tertiary alicyclic amines) is 1. The summed E-state index contributed by atoms with van der Waals surface area (Å²) in [6.07, 6.45) is 5.53. The van der Waals surface area contributed by atoms with Gasteiger partial charge in [-0.3, -0.25) is 9.69 Å². The van der Waals surface area contributed by atoms with Crippen LogP contribution in [0.4, 0.5) is 0 Å². The van der Waals surface area contributed by atoms with E-state index in [0.29, 0.717) is 28.0 Å². The van der Waals surface area contributed by atoms with Crippen LogP contribution in [0.15, 0.2) is 23.0 Å². The van der Waals surface area contributed by atoms with Gasteiger partial charge in [-0.2, -0.15) is 0 Å². The Morgan fingerprint density at radius 2 is 2.07 bits per heavy atom. The lowest BCUT2D eigenvalue weighted by Crippen LogP contribution is -2.51. The monoisotopic (exact) mass is 386 g/mol. The zero-order valence-corrected chi connectivity index (χ0v) is 16.8. The Morgan fingerprint density at radius 1 is 1.25 bits per heavy atom. The minimum absolute atomic E-state index is 0.156. The SMILES string of the molecule is COc1cccc2c(=O)[nH]c(C(CCN3CCCC34CCNCC4)OC)nc12. The molecule has 2 fully saturated rings. The fourth-order valence-electron chi connectivity index (χ4n) is 4.91. The fourth-order valence-corrected chi connectivity index (χ4v) is 4.91. The number of hydrogen-bond donors (Lipinski definition) is 2. The van der Waals surface area contributed by atoms with E-state index in [0.717, 1.165) is 32.6 Å². The first-order valence-electron chi connectivity index (χ1n) is 10.2. The number of methoxy groups -OCH3 is 2. The van der Waals surface area contributed by atoms with Crippen molar-refractivity contribution in [1.29, 1.82) is 0 Å². The van der Waals surface area contributed by atoms with Crippen molar-refractivity contribution >= 4 is 10.9 Å². The van der Waals surface area contributed by atoms with E-state index in [1.807, 2.05) is 6.07 Å². The number of rotatable bonds is 6. The molecule has 2 aromatic rings. The molecule has 7 nitrogen and oxygen atoms in total. The molecule has 2 aliphatic heterocycles. The van der Waals surface area contributed by atoms with Gasteiger partial charge >= 0.3 is 0 Å². The van der Waals surface area contributed by atoms with Crippen LogP contribution < -0.4 is 15.6 Å². The zero-order valence-electron chi connectivity index (χ0n) is 16.8. The van der Waals surface area contributed by atoms with Gasteiger partial charge in [0.2, 0.25) is 0 Å². The molecule has 1 atom stereocenters. The van der Waals surface area contributed by atoms with Crippen LogP contribution in [0.1, 0.15) is 44.0 Å². The molecule has 0 saturated carbocycles. The first kappa shape index (κ1) is 19.4. The molecule has 1 spiro atoms. The summed E-state index contributed by atoms with van der Waals surface area (Å²) in [7, 11) is 3.28. The molecule has 0 bridgehead atoms. The smallest absolute Gasteiger partial charge is 0.258 e. The summed E-state index contributed by atoms with van der Waals surface area (Å²) < 4.78 is 11.1. The van der Waals surface area contributed by atoms with E-state index in [1.54, 1.807) is 26.4 Å². The highest BCUT2D eigenvalue weighted by molar-refractivity contribution is 5.83. The molecule has 0 amide bonds. The summed E-state index contributed by atoms with van der Waals surface area (Å²) in [4.78, 5) is 22.8. The summed E-state index contributed by atoms with van der Waals surface area (Å²) in [6.45, 7) is 4.30. The van der Waals surface area contributed by atoms with Crippen LogP contribution in [-0.4, -0.2) is 60.8 Å². The number of ether oxygens (including phenoxy) is 2. The quantitative estimate of drug-likeness (QED) is 0.793. The number of H-pyrrole nitrogens is 1. The molecule has 7 heteroatoms. The number of benzene rings is 1. The van der Waals surface area contributed by atoms with Crippen LogP contribution in [0.25, 0.3) is 10.9 Å². The van der Waals surface area contributed by atoms with Crippen LogP contribution >= 0.6 is 0 Å². The molecule has 1 aromatic carbocycles. The van der Waals surface area contributed by atoms with Crippen molar-refractivity contribution in [2.45, 2.75) is 43.7 Å². The average molecular weight is 386 g/mol. The van der Waals surface area contributed by atoms with Crippen molar-refractivity contribution in [1.82, 2.24) is 20.2 Å². The Bertz CT molecular complexity index is 876. The molecular formula is C21H30N4O3. The Hall–Kier alpha value is -1.96. The Kier molecular flexibility index (Phi) is 5.66. The number of para-hydroxylation sites is 1. The van der Waals surface area contributed by atoms with Crippen LogP contribution in [-0.2, 0) is 4.74 Å². The number of nitrogens with zero attached hydrogens (tertiary/aromatic N) is 2. The topological polar surface area (TPSA) is 79.5 Å². The molecule has 2 N–H and O–H groups in total. The number of aromatic nitrogens is 2. The van der Waals surface area contributed by atoms with Gasteiger partial charge in [-0.15, -0.1) is 0 Å². The van der Waals surface area contributed by atoms with Crippen molar-refractivity contribution < 1.29 is 9.47 Å². The Morgan fingerprint density at radius 3 is 2.82 bits per heavy atom. The summed E-state index contributed by atoms with van der Waals surface area (Å²) in [5, 5.41) is 4.01. The lowest BCUT2D eigenvalue weighted by atomic mass is 9.85. The number of nitrogens with one attached hydrogen (secondary N) is 2. The molecular weight excluding hydrogens is 356 g/mol. The second kappa shape index (κ2) is 8.19. The predicted molar refractivity (Wildman–Crippen MR) is 109 cm³/mol. The number of hydrogen-bond acceptors (Lipinski definition) is 6. The van der Waals surface area contributed by atoms with Crippen molar-refractivity contribution in [2.24, 2.45) is 0 Å². The maximum absolute atomic E-state index is 12.6. The van der Waals surface area contributed by atoms with E-state index in [1.165, 1.54) is 25.7 Å². The number of aromatic amines is 1. The third-order valence-corrected chi connectivity index (χ3v) is 6.46. The van der Waals surface area contributed by atoms with Crippen molar-refractivity contribution in [2.75, 3.05) is 40.4 Å². The number of fused-ring (bicyclic) bond motifs is 1. The van der Waals surface area contributed by atoms with Gasteiger partial charge in [0.05, 0.1) is 12.5 Å². The minimum Gasteiger partial charge on any atom is -0.494 e. The zero-order chi connectivity index (χ0) is 19.6. The van der Waals surface area contributed by atoms with Gasteiger partial charge in [-0.1, -0.05) is 6.07 Å². The highest BCUT2D eigenvalue weighted by atomic mass is 16.5. The molecule has 2 aliphatic rings. The molecule has 152 valence electrons. The summed E-state index contributed by atoms with van der Waals surface area (Å²) in [6, 6.07) is 5.39.